The molecule has 9 nitrogen and oxygen atoms in total. The first-order valence-corrected chi connectivity index (χ1v) is 13.7. The third kappa shape index (κ3) is 5.25. The quantitative estimate of drug-likeness (QED) is 0.302. The van der Waals surface area contributed by atoms with E-state index in [1.54, 1.807) is 20.8 Å². The van der Waals surface area contributed by atoms with E-state index in [1.807, 2.05) is 31.4 Å². The van der Waals surface area contributed by atoms with Crippen LogP contribution in [0.3, 0.4) is 0 Å². The van der Waals surface area contributed by atoms with Gasteiger partial charge in [0.1, 0.15) is 21.3 Å². The van der Waals surface area contributed by atoms with Crippen LogP contribution in [0, 0.1) is 20.8 Å². The van der Waals surface area contributed by atoms with Crippen LogP contribution in [0.1, 0.15) is 50.6 Å². The third-order valence-electron chi connectivity index (χ3n) is 5.89. The second kappa shape index (κ2) is 11.3. The number of aryl methyl sites for hydroxylation is 2. The monoisotopic (exact) mass is 553 g/mol. The number of fused-ring (bicyclic) bond motifs is 1. The fraction of sp³-hybridized carbons (Fsp3) is 0.296. The smallest absolute Gasteiger partial charge is 0.348 e. The van der Waals surface area contributed by atoms with E-state index in [0.29, 0.717) is 15.8 Å². The molecule has 4 aromatic rings. The predicted molar refractivity (Wildman–Crippen MR) is 148 cm³/mol. The van der Waals surface area contributed by atoms with Gasteiger partial charge in [0.2, 0.25) is 5.91 Å². The van der Waals surface area contributed by atoms with Crippen LogP contribution >= 0.6 is 22.7 Å². The summed E-state index contributed by atoms with van der Waals surface area (Å²) in [7, 11) is 0. The number of thiophene rings is 2. The molecule has 3 heterocycles. The second-order valence-electron chi connectivity index (χ2n) is 8.57. The van der Waals surface area contributed by atoms with Crippen molar-refractivity contribution in [2.75, 3.05) is 18.5 Å². The van der Waals surface area contributed by atoms with Gasteiger partial charge in [-0.25, -0.2) is 14.6 Å². The van der Waals surface area contributed by atoms with E-state index in [1.165, 1.54) is 22.2 Å². The standard InChI is InChI=1S/C27H27N3O6S2/c1-6-35-26(33)20-16(5)22(27(34)36-7-2)38-24(20)29-19(31)11-30-13-28-23-21(25(30)32)18(12-37-23)17-9-8-14(3)10-15(17)4/h8-10,12-13H,6-7,11H2,1-5H3,(H,29,31). The Balaban J connectivity index is 1.67. The molecule has 0 radical (unpaired) electrons. The summed E-state index contributed by atoms with van der Waals surface area (Å²) in [6, 6.07) is 6.02. The number of carbonyl (C=O) groups excluding carboxylic acids is 3. The molecule has 0 bridgehead atoms. The Morgan fingerprint density at radius 1 is 1.03 bits per heavy atom. The van der Waals surface area contributed by atoms with Crippen molar-refractivity contribution in [3.05, 3.63) is 67.4 Å². The van der Waals surface area contributed by atoms with Gasteiger partial charge in [0, 0.05) is 10.9 Å². The molecule has 1 N–H and O–H groups in total. The lowest BCUT2D eigenvalue weighted by Crippen LogP contribution is -2.28. The zero-order chi connectivity index (χ0) is 27.6. The van der Waals surface area contributed by atoms with Gasteiger partial charge in [-0.15, -0.1) is 22.7 Å². The van der Waals surface area contributed by atoms with Crippen LogP contribution in [0.5, 0.6) is 0 Å². The molecule has 11 heteroatoms. The Kier molecular flexibility index (Phi) is 8.08. The van der Waals surface area contributed by atoms with Crippen LogP contribution in [0.2, 0.25) is 0 Å². The Morgan fingerprint density at radius 2 is 1.74 bits per heavy atom. The topological polar surface area (TPSA) is 117 Å². The van der Waals surface area contributed by atoms with Crippen molar-refractivity contribution in [3.63, 3.8) is 0 Å². The largest absolute Gasteiger partial charge is 0.462 e. The highest BCUT2D eigenvalue weighted by Gasteiger charge is 2.27. The molecule has 0 aliphatic heterocycles. The molecule has 0 aliphatic carbocycles. The van der Waals surface area contributed by atoms with E-state index in [2.05, 4.69) is 16.4 Å². The molecular weight excluding hydrogens is 526 g/mol. The molecule has 38 heavy (non-hydrogen) atoms. The minimum absolute atomic E-state index is 0.0872. The van der Waals surface area contributed by atoms with Gasteiger partial charge in [0.25, 0.3) is 5.56 Å². The first-order valence-electron chi connectivity index (χ1n) is 12.0. The van der Waals surface area contributed by atoms with Crippen molar-refractivity contribution in [2.24, 2.45) is 0 Å². The van der Waals surface area contributed by atoms with Crippen molar-refractivity contribution in [1.82, 2.24) is 9.55 Å². The molecule has 0 unspecified atom stereocenters. The minimum atomic E-state index is -0.663. The van der Waals surface area contributed by atoms with Gasteiger partial charge in [-0.1, -0.05) is 23.8 Å². The van der Waals surface area contributed by atoms with Crippen LogP contribution in [0.15, 0.2) is 34.7 Å². The second-order valence-corrected chi connectivity index (χ2v) is 10.5. The Labute approximate surface area is 227 Å². The zero-order valence-electron chi connectivity index (χ0n) is 21.7. The number of aromatic nitrogens is 2. The van der Waals surface area contributed by atoms with Gasteiger partial charge in [-0.3, -0.25) is 14.2 Å². The summed E-state index contributed by atoms with van der Waals surface area (Å²) < 4.78 is 11.4. The molecular formula is C27H27N3O6S2. The number of carbonyl (C=O) groups is 3. The molecule has 4 rings (SSSR count). The van der Waals surface area contributed by atoms with Gasteiger partial charge < -0.3 is 14.8 Å². The van der Waals surface area contributed by atoms with E-state index < -0.39 is 17.8 Å². The summed E-state index contributed by atoms with van der Waals surface area (Å²) >= 11 is 2.30. The fourth-order valence-corrected chi connectivity index (χ4v) is 6.16. The van der Waals surface area contributed by atoms with Gasteiger partial charge >= 0.3 is 11.9 Å². The van der Waals surface area contributed by atoms with Gasteiger partial charge in [0.15, 0.2) is 0 Å². The van der Waals surface area contributed by atoms with Crippen molar-refractivity contribution in [3.8, 4) is 11.1 Å². The summed E-state index contributed by atoms with van der Waals surface area (Å²) in [6.07, 6.45) is 1.34. The van der Waals surface area contributed by atoms with Crippen molar-refractivity contribution in [1.29, 1.82) is 0 Å². The van der Waals surface area contributed by atoms with Crippen molar-refractivity contribution >= 4 is 55.7 Å². The number of nitrogens with one attached hydrogen (secondary N) is 1. The Bertz CT molecular complexity index is 1620. The molecule has 1 aromatic carbocycles. The minimum Gasteiger partial charge on any atom is -0.462 e. The van der Waals surface area contributed by atoms with E-state index in [4.69, 9.17) is 9.47 Å². The number of anilines is 1. The lowest BCUT2D eigenvalue weighted by Gasteiger charge is -2.09. The number of esters is 2. The number of rotatable bonds is 8. The van der Waals surface area contributed by atoms with Gasteiger partial charge in [-0.2, -0.15) is 0 Å². The molecule has 0 atom stereocenters. The maximum absolute atomic E-state index is 13.4. The molecule has 0 aliphatic rings. The Hall–Kier alpha value is -3.83. The molecule has 1 amide bonds. The highest BCUT2D eigenvalue weighted by Crippen LogP contribution is 2.35. The van der Waals surface area contributed by atoms with Crippen molar-refractivity contribution < 1.29 is 23.9 Å². The summed E-state index contributed by atoms with van der Waals surface area (Å²) in [4.78, 5) is 56.7. The number of nitrogens with zero attached hydrogens (tertiary/aromatic N) is 2. The van der Waals surface area contributed by atoms with E-state index in [0.717, 1.165) is 33.6 Å². The van der Waals surface area contributed by atoms with E-state index in [9.17, 15) is 19.2 Å². The fourth-order valence-electron chi connectivity index (χ4n) is 4.16. The molecule has 0 spiro atoms. The molecule has 0 fully saturated rings. The third-order valence-corrected chi connectivity index (χ3v) is 7.96. The average Bonchev–Trinajstić information content (AvgIpc) is 3.42. The summed E-state index contributed by atoms with van der Waals surface area (Å²) in [5, 5.41) is 5.17. The number of benzene rings is 1. The van der Waals surface area contributed by atoms with Crippen LogP contribution in [0.25, 0.3) is 21.3 Å². The number of hydrogen-bond acceptors (Lipinski definition) is 9. The highest BCUT2D eigenvalue weighted by atomic mass is 32.1. The first-order chi connectivity index (χ1) is 18.2. The highest BCUT2D eigenvalue weighted by molar-refractivity contribution is 7.18. The molecule has 0 saturated carbocycles. The van der Waals surface area contributed by atoms with E-state index in [-0.39, 0.29) is 40.8 Å². The maximum Gasteiger partial charge on any atom is 0.348 e. The molecule has 3 aromatic heterocycles. The van der Waals surface area contributed by atoms with Gasteiger partial charge in [-0.05, 0) is 51.3 Å². The normalized spacial score (nSPS) is 11.0. The molecule has 198 valence electrons. The first kappa shape index (κ1) is 27.2. The van der Waals surface area contributed by atoms with E-state index >= 15 is 0 Å². The number of amides is 1. The molecule has 0 saturated heterocycles. The van der Waals surface area contributed by atoms with Crippen LogP contribution in [-0.2, 0) is 20.8 Å². The van der Waals surface area contributed by atoms with Crippen LogP contribution < -0.4 is 10.9 Å². The average molecular weight is 554 g/mol. The zero-order valence-corrected chi connectivity index (χ0v) is 23.3. The van der Waals surface area contributed by atoms with Gasteiger partial charge in [0.05, 0.1) is 30.5 Å². The lowest BCUT2D eigenvalue weighted by atomic mass is 9.99. The van der Waals surface area contributed by atoms with Crippen molar-refractivity contribution in [2.45, 2.75) is 41.2 Å². The summed E-state index contributed by atoms with van der Waals surface area (Å²) in [6.45, 7) is 8.89. The van der Waals surface area contributed by atoms with Crippen LogP contribution in [0.4, 0.5) is 5.00 Å². The lowest BCUT2D eigenvalue weighted by molar-refractivity contribution is -0.116. The maximum atomic E-state index is 13.4. The number of ether oxygens (including phenoxy) is 2. The summed E-state index contributed by atoms with van der Waals surface area (Å²) in [5.41, 5.74) is 3.96. The van der Waals surface area contributed by atoms with Crippen LogP contribution in [-0.4, -0.2) is 40.6 Å². The predicted octanol–water partition coefficient (Wildman–Crippen LogP) is 5.10. The summed E-state index contributed by atoms with van der Waals surface area (Å²) in [5.74, 6) is -1.81. The number of hydrogen-bond donors (Lipinski definition) is 1. The Morgan fingerprint density at radius 3 is 2.42 bits per heavy atom. The SMILES string of the molecule is CCOC(=O)c1sc(NC(=O)Cn2cnc3scc(-c4ccc(C)cc4C)c3c2=O)c(C(=O)OCC)c1C.